The van der Waals surface area contributed by atoms with Gasteiger partial charge in [-0.3, -0.25) is 10.1 Å². The lowest BCUT2D eigenvalue weighted by molar-refractivity contribution is 0.0635. The standard InChI is InChI=1S/C10H13FN4O3/c1-10(2,3)18-9(17)15-8-6(7(12)16)14-5(11)4-13-8/h4H,1-3H3,(H2,12,16)(H,13,15,17). The minimum Gasteiger partial charge on any atom is -0.444 e. The minimum atomic E-state index is -1.01. The Morgan fingerprint density at radius 3 is 2.56 bits per heavy atom. The Hall–Kier alpha value is -2.25. The molecule has 0 bridgehead atoms. The lowest BCUT2D eigenvalue weighted by atomic mass is 10.2. The minimum absolute atomic E-state index is 0.252. The molecule has 0 aromatic carbocycles. The van der Waals surface area contributed by atoms with Crippen LogP contribution in [0.3, 0.4) is 0 Å². The van der Waals surface area contributed by atoms with E-state index in [1.54, 1.807) is 20.8 Å². The van der Waals surface area contributed by atoms with Crippen molar-refractivity contribution >= 4 is 17.8 Å². The Morgan fingerprint density at radius 2 is 2.06 bits per heavy atom. The molecule has 1 aromatic heterocycles. The van der Waals surface area contributed by atoms with Crippen molar-refractivity contribution in [3.05, 3.63) is 17.8 Å². The van der Waals surface area contributed by atoms with Gasteiger partial charge in [-0.1, -0.05) is 0 Å². The van der Waals surface area contributed by atoms with Crippen molar-refractivity contribution in [1.82, 2.24) is 9.97 Å². The number of anilines is 1. The monoisotopic (exact) mass is 256 g/mol. The molecule has 0 radical (unpaired) electrons. The van der Waals surface area contributed by atoms with Crippen LogP contribution >= 0.6 is 0 Å². The fraction of sp³-hybridized carbons (Fsp3) is 0.400. The highest BCUT2D eigenvalue weighted by molar-refractivity contribution is 5.98. The van der Waals surface area contributed by atoms with Crippen LogP contribution < -0.4 is 11.1 Å². The van der Waals surface area contributed by atoms with E-state index in [0.717, 1.165) is 6.20 Å². The largest absolute Gasteiger partial charge is 0.444 e. The van der Waals surface area contributed by atoms with Crippen molar-refractivity contribution in [2.75, 3.05) is 5.32 Å². The summed E-state index contributed by atoms with van der Waals surface area (Å²) in [5.74, 6) is -2.23. The number of amides is 2. The summed E-state index contributed by atoms with van der Waals surface area (Å²) >= 11 is 0. The summed E-state index contributed by atoms with van der Waals surface area (Å²) < 4.78 is 17.7. The molecule has 2 amide bonds. The van der Waals surface area contributed by atoms with Gasteiger partial charge in [-0.15, -0.1) is 0 Å². The summed E-state index contributed by atoms with van der Waals surface area (Å²) in [6.07, 6.45) is -0.0926. The molecule has 0 spiro atoms. The van der Waals surface area contributed by atoms with E-state index >= 15 is 0 Å². The van der Waals surface area contributed by atoms with E-state index in [4.69, 9.17) is 10.5 Å². The van der Waals surface area contributed by atoms with Gasteiger partial charge >= 0.3 is 6.09 Å². The number of hydrogen-bond donors (Lipinski definition) is 2. The molecule has 0 atom stereocenters. The van der Waals surface area contributed by atoms with E-state index in [9.17, 15) is 14.0 Å². The van der Waals surface area contributed by atoms with E-state index in [-0.39, 0.29) is 5.82 Å². The SMILES string of the molecule is CC(C)(C)OC(=O)Nc1ncc(F)nc1C(N)=O. The number of hydrogen-bond acceptors (Lipinski definition) is 5. The maximum absolute atomic E-state index is 12.8. The van der Waals surface area contributed by atoms with Gasteiger partial charge in [0.05, 0.1) is 6.20 Å². The lowest BCUT2D eigenvalue weighted by Crippen LogP contribution is -2.29. The Labute approximate surface area is 103 Å². The predicted molar refractivity (Wildman–Crippen MR) is 60.4 cm³/mol. The van der Waals surface area contributed by atoms with Crippen LogP contribution in [-0.4, -0.2) is 27.6 Å². The molecule has 0 aliphatic heterocycles. The number of ether oxygens (including phenoxy) is 1. The molecule has 0 saturated heterocycles. The average molecular weight is 256 g/mol. The maximum Gasteiger partial charge on any atom is 0.413 e. The molecule has 8 heteroatoms. The third kappa shape index (κ3) is 3.96. The second-order valence-electron chi connectivity index (χ2n) is 4.38. The molecule has 18 heavy (non-hydrogen) atoms. The summed E-state index contributed by atoms with van der Waals surface area (Å²) in [4.78, 5) is 29.2. The average Bonchev–Trinajstić information content (AvgIpc) is 2.17. The zero-order chi connectivity index (χ0) is 13.9. The third-order valence-electron chi connectivity index (χ3n) is 1.60. The highest BCUT2D eigenvalue weighted by Gasteiger charge is 2.20. The van der Waals surface area contributed by atoms with Crippen LogP contribution in [-0.2, 0) is 4.74 Å². The number of carbonyl (C=O) groups is 2. The van der Waals surface area contributed by atoms with Gasteiger partial charge in [0.15, 0.2) is 11.5 Å². The van der Waals surface area contributed by atoms with Gasteiger partial charge in [0.2, 0.25) is 5.95 Å². The molecule has 0 saturated carbocycles. The van der Waals surface area contributed by atoms with Crippen LogP contribution in [0.15, 0.2) is 6.20 Å². The molecule has 98 valence electrons. The molecule has 1 rings (SSSR count). The Kier molecular flexibility index (Phi) is 3.79. The van der Waals surface area contributed by atoms with Crippen LogP contribution in [0.2, 0.25) is 0 Å². The van der Waals surface area contributed by atoms with Crippen molar-refractivity contribution < 1.29 is 18.7 Å². The molecule has 0 unspecified atom stereocenters. The molecule has 1 aromatic rings. The maximum atomic E-state index is 12.8. The second kappa shape index (κ2) is 4.94. The van der Waals surface area contributed by atoms with Crippen molar-refractivity contribution in [2.45, 2.75) is 26.4 Å². The Balaban J connectivity index is 2.91. The van der Waals surface area contributed by atoms with E-state index in [0.29, 0.717) is 0 Å². The highest BCUT2D eigenvalue weighted by atomic mass is 19.1. The van der Waals surface area contributed by atoms with Crippen molar-refractivity contribution in [1.29, 1.82) is 0 Å². The van der Waals surface area contributed by atoms with Crippen LogP contribution in [0.4, 0.5) is 15.0 Å². The first-order chi connectivity index (χ1) is 8.19. The van der Waals surface area contributed by atoms with Crippen LogP contribution in [0.25, 0.3) is 0 Å². The number of halogens is 1. The summed E-state index contributed by atoms with van der Waals surface area (Å²) in [6.45, 7) is 4.99. The smallest absolute Gasteiger partial charge is 0.413 e. The normalized spacial score (nSPS) is 10.9. The van der Waals surface area contributed by atoms with Gasteiger partial charge in [-0.2, -0.15) is 4.39 Å². The Bertz CT molecular complexity index is 485. The summed E-state index contributed by atoms with van der Waals surface area (Å²) in [5, 5.41) is 2.17. The van der Waals surface area contributed by atoms with Gasteiger partial charge in [-0.05, 0) is 20.8 Å². The van der Waals surface area contributed by atoms with E-state index in [2.05, 4.69) is 15.3 Å². The number of primary amides is 1. The molecule has 7 nitrogen and oxygen atoms in total. The molecular weight excluding hydrogens is 243 g/mol. The van der Waals surface area contributed by atoms with Crippen molar-refractivity contribution in [2.24, 2.45) is 5.73 Å². The number of rotatable bonds is 2. The van der Waals surface area contributed by atoms with Gasteiger partial charge in [-0.25, -0.2) is 14.8 Å². The molecule has 0 aliphatic carbocycles. The third-order valence-corrected chi connectivity index (χ3v) is 1.60. The summed E-state index contributed by atoms with van der Waals surface area (Å²) in [6, 6.07) is 0. The van der Waals surface area contributed by atoms with Crippen molar-refractivity contribution in [3.63, 3.8) is 0 Å². The summed E-state index contributed by atoms with van der Waals surface area (Å²) in [7, 11) is 0. The Morgan fingerprint density at radius 1 is 1.44 bits per heavy atom. The van der Waals surface area contributed by atoms with Gasteiger partial charge < -0.3 is 10.5 Å². The van der Waals surface area contributed by atoms with Gasteiger partial charge in [0, 0.05) is 0 Å². The molecule has 0 fully saturated rings. The predicted octanol–water partition coefficient (Wildman–Crippen LogP) is 1.06. The highest BCUT2D eigenvalue weighted by Crippen LogP contribution is 2.12. The second-order valence-corrected chi connectivity index (χ2v) is 4.38. The zero-order valence-electron chi connectivity index (χ0n) is 10.2. The van der Waals surface area contributed by atoms with Crippen molar-refractivity contribution in [3.8, 4) is 0 Å². The summed E-state index contributed by atoms with van der Waals surface area (Å²) in [5.41, 5.74) is 3.80. The van der Waals surface area contributed by atoms with Gasteiger partial charge in [0.1, 0.15) is 5.60 Å². The quantitative estimate of drug-likeness (QED) is 0.822. The first-order valence-corrected chi connectivity index (χ1v) is 5.01. The number of aromatic nitrogens is 2. The number of nitrogens with zero attached hydrogens (tertiary/aromatic N) is 2. The zero-order valence-corrected chi connectivity index (χ0v) is 10.2. The van der Waals surface area contributed by atoms with E-state index in [1.165, 1.54) is 0 Å². The molecule has 1 heterocycles. The van der Waals surface area contributed by atoms with Crippen LogP contribution in [0.5, 0.6) is 0 Å². The number of nitrogens with one attached hydrogen (secondary N) is 1. The van der Waals surface area contributed by atoms with E-state index < -0.39 is 29.2 Å². The van der Waals surface area contributed by atoms with Gasteiger partial charge in [0.25, 0.3) is 5.91 Å². The lowest BCUT2D eigenvalue weighted by Gasteiger charge is -2.19. The number of nitrogens with two attached hydrogens (primary N) is 1. The first kappa shape index (κ1) is 13.8. The molecule has 3 N–H and O–H groups in total. The molecular formula is C10H13FN4O3. The van der Waals surface area contributed by atoms with E-state index in [1.807, 2.05) is 0 Å². The first-order valence-electron chi connectivity index (χ1n) is 5.01. The molecule has 0 aliphatic rings. The number of carbonyl (C=O) groups excluding carboxylic acids is 2. The fourth-order valence-electron chi connectivity index (χ4n) is 1.03. The fourth-order valence-corrected chi connectivity index (χ4v) is 1.03. The van der Waals surface area contributed by atoms with Crippen LogP contribution in [0, 0.1) is 5.95 Å². The topological polar surface area (TPSA) is 107 Å². The van der Waals surface area contributed by atoms with Crippen LogP contribution in [0.1, 0.15) is 31.3 Å².